The van der Waals surface area contributed by atoms with Crippen LogP contribution < -0.4 is 10.6 Å². The van der Waals surface area contributed by atoms with Crippen LogP contribution in [0.5, 0.6) is 0 Å². The van der Waals surface area contributed by atoms with E-state index in [1.807, 2.05) is 5.32 Å². The highest BCUT2D eigenvalue weighted by Crippen LogP contribution is 1.85. The van der Waals surface area contributed by atoms with Gasteiger partial charge in [-0.25, -0.2) is 14.4 Å². The second-order valence-electron chi connectivity index (χ2n) is 3.15. The van der Waals surface area contributed by atoms with E-state index in [-0.39, 0.29) is 0 Å². The van der Waals surface area contributed by atoms with E-state index in [0.29, 0.717) is 0 Å². The molecule has 0 aromatic heterocycles. The lowest BCUT2D eigenvalue weighted by Gasteiger charge is -2.11. The Morgan fingerprint density at radius 3 is 2.33 bits per heavy atom. The molecule has 0 aliphatic heterocycles. The Kier molecular flexibility index (Phi) is 7.05. The van der Waals surface area contributed by atoms with Crippen molar-refractivity contribution in [1.29, 1.82) is 0 Å². The molecule has 0 aromatic carbocycles. The van der Waals surface area contributed by atoms with Gasteiger partial charge in [0.2, 0.25) is 0 Å². The number of nitrogens with one attached hydrogen (secondary N) is 2. The summed E-state index contributed by atoms with van der Waals surface area (Å²) in [6.45, 7) is 0.150. The highest BCUT2D eigenvalue weighted by atomic mass is 16.5. The van der Waals surface area contributed by atoms with Gasteiger partial charge in [-0.3, -0.25) is 10.1 Å². The standard InChI is InChI=1S/C9H14N2O7/c1-5(8(15)17-2)10-9(16)11-6(12)3-18-4-7(13)14/h5H,3-4H2,1-2H3,(H,13,14)(H2,10,11,12,16). The molecule has 0 fully saturated rings. The summed E-state index contributed by atoms with van der Waals surface area (Å²) in [5, 5.41) is 12.2. The fourth-order valence-corrected chi connectivity index (χ4v) is 0.862. The third-order valence-electron chi connectivity index (χ3n) is 1.61. The molecule has 3 N–H and O–H groups in total. The second-order valence-corrected chi connectivity index (χ2v) is 3.15. The van der Waals surface area contributed by atoms with Crippen LogP contribution in [-0.4, -0.2) is 55.3 Å². The van der Waals surface area contributed by atoms with Crippen molar-refractivity contribution in [2.45, 2.75) is 13.0 Å². The predicted octanol–water partition coefficient (Wildman–Crippen LogP) is -1.53. The van der Waals surface area contributed by atoms with E-state index in [4.69, 9.17) is 5.11 Å². The van der Waals surface area contributed by atoms with E-state index >= 15 is 0 Å². The lowest BCUT2D eigenvalue weighted by atomic mass is 10.3. The molecule has 0 spiro atoms. The van der Waals surface area contributed by atoms with E-state index in [9.17, 15) is 19.2 Å². The summed E-state index contributed by atoms with van der Waals surface area (Å²) in [6, 6.07) is -1.82. The highest BCUT2D eigenvalue weighted by Gasteiger charge is 2.17. The van der Waals surface area contributed by atoms with Crippen molar-refractivity contribution in [2.75, 3.05) is 20.3 Å². The largest absolute Gasteiger partial charge is 0.480 e. The number of carboxylic acid groups (broad SMARTS) is 1. The Morgan fingerprint density at radius 2 is 1.83 bits per heavy atom. The van der Waals surface area contributed by atoms with Crippen LogP contribution in [0, 0.1) is 0 Å². The summed E-state index contributed by atoms with van der Waals surface area (Å²) in [7, 11) is 1.16. The first-order valence-corrected chi connectivity index (χ1v) is 4.84. The summed E-state index contributed by atoms with van der Waals surface area (Å²) < 4.78 is 8.80. The fourth-order valence-electron chi connectivity index (χ4n) is 0.862. The zero-order valence-electron chi connectivity index (χ0n) is 9.89. The van der Waals surface area contributed by atoms with Gasteiger partial charge in [0.1, 0.15) is 19.3 Å². The van der Waals surface area contributed by atoms with E-state index in [1.54, 1.807) is 0 Å². The maximum atomic E-state index is 11.2. The van der Waals surface area contributed by atoms with Crippen LogP contribution in [0.25, 0.3) is 0 Å². The number of rotatable bonds is 6. The minimum atomic E-state index is -1.23. The van der Waals surface area contributed by atoms with Crippen molar-refractivity contribution >= 4 is 23.9 Å². The molecule has 102 valence electrons. The number of hydrogen-bond donors (Lipinski definition) is 3. The van der Waals surface area contributed by atoms with Gasteiger partial charge in [-0.15, -0.1) is 0 Å². The molecule has 0 bridgehead atoms. The van der Waals surface area contributed by atoms with Crippen molar-refractivity contribution in [3.63, 3.8) is 0 Å². The van der Waals surface area contributed by atoms with Crippen molar-refractivity contribution < 1.29 is 33.8 Å². The average molecular weight is 262 g/mol. The Bertz CT molecular complexity index is 342. The topological polar surface area (TPSA) is 131 Å². The number of methoxy groups -OCH3 is 1. The van der Waals surface area contributed by atoms with Crippen molar-refractivity contribution in [3.05, 3.63) is 0 Å². The first-order valence-electron chi connectivity index (χ1n) is 4.84. The predicted molar refractivity (Wildman–Crippen MR) is 56.6 cm³/mol. The van der Waals surface area contributed by atoms with Gasteiger partial charge < -0.3 is 19.9 Å². The van der Waals surface area contributed by atoms with Crippen LogP contribution in [0.2, 0.25) is 0 Å². The minimum Gasteiger partial charge on any atom is -0.480 e. The van der Waals surface area contributed by atoms with Gasteiger partial charge in [0.05, 0.1) is 7.11 Å². The lowest BCUT2D eigenvalue weighted by molar-refractivity contribution is -0.144. The number of imide groups is 1. The number of carboxylic acids is 1. The van der Waals surface area contributed by atoms with Gasteiger partial charge in [-0.2, -0.15) is 0 Å². The Labute approximate surface area is 102 Å². The zero-order valence-corrected chi connectivity index (χ0v) is 9.89. The number of carbonyl (C=O) groups is 4. The van der Waals surface area contributed by atoms with Gasteiger partial charge in [-0.05, 0) is 6.92 Å². The third-order valence-corrected chi connectivity index (χ3v) is 1.61. The summed E-state index contributed by atoms with van der Waals surface area (Å²) in [6.07, 6.45) is 0. The van der Waals surface area contributed by atoms with Crippen LogP contribution in [0.1, 0.15) is 6.92 Å². The molecule has 0 rings (SSSR count). The quantitative estimate of drug-likeness (QED) is 0.495. The Balaban J connectivity index is 3.90. The molecule has 0 radical (unpaired) electrons. The number of carbonyl (C=O) groups excluding carboxylic acids is 3. The first kappa shape index (κ1) is 15.8. The number of aliphatic carboxylic acids is 1. The smallest absolute Gasteiger partial charge is 0.329 e. The lowest BCUT2D eigenvalue weighted by Crippen LogP contribution is -2.47. The van der Waals surface area contributed by atoms with Crippen molar-refractivity contribution in [1.82, 2.24) is 10.6 Å². The van der Waals surface area contributed by atoms with Gasteiger partial charge in [0, 0.05) is 0 Å². The summed E-state index contributed by atoms with van der Waals surface area (Å²) in [5.41, 5.74) is 0. The number of urea groups is 1. The molecule has 0 aliphatic carbocycles. The summed E-state index contributed by atoms with van der Waals surface area (Å²) in [5.74, 6) is -2.72. The highest BCUT2D eigenvalue weighted by molar-refractivity contribution is 5.96. The molecule has 1 atom stereocenters. The molecule has 3 amide bonds. The van der Waals surface area contributed by atoms with Crippen LogP contribution in [0.3, 0.4) is 0 Å². The molecule has 1 unspecified atom stereocenters. The van der Waals surface area contributed by atoms with Crippen molar-refractivity contribution in [2.24, 2.45) is 0 Å². The second kappa shape index (κ2) is 8.01. The summed E-state index contributed by atoms with van der Waals surface area (Å²) >= 11 is 0. The number of ether oxygens (including phenoxy) is 2. The molecular formula is C9H14N2O7. The molecule has 0 saturated carbocycles. The molecule has 18 heavy (non-hydrogen) atoms. The van der Waals surface area contributed by atoms with E-state index < -0.39 is 43.1 Å². The molecule has 9 heteroatoms. The molecule has 9 nitrogen and oxygen atoms in total. The third kappa shape index (κ3) is 7.17. The van der Waals surface area contributed by atoms with Crippen molar-refractivity contribution in [3.8, 4) is 0 Å². The maximum absolute atomic E-state index is 11.2. The number of esters is 1. The maximum Gasteiger partial charge on any atom is 0.329 e. The van der Waals surface area contributed by atoms with Crippen LogP contribution in [0.4, 0.5) is 4.79 Å². The number of hydrogen-bond acceptors (Lipinski definition) is 6. The first-order chi connectivity index (χ1) is 8.36. The SMILES string of the molecule is COC(=O)C(C)NC(=O)NC(=O)COCC(=O)O. The van der Waals surface area contributed by atoms with Crippen LogP contribution in [0.15, 0.2) is 0 Å². The Morgan fingerprint density at radius 1 is 1.22 bits per heavy atom. The minimum absolute atomic E-state index is 0.577. The normalized spacial score (nSPS) is 11.2. The van der Waals surface area contributed by atoms with Gasteiger partial charge in [0.25, 0.3) is 5.91 Å². The summed E-state index contributed by atoms with van der Waals surface area (Å²) in [4.78, 5) is 43.2. The number of amides is 3. The van der Waals surface area contributed by atoms with E-state index in [1.165, 1.54) is 6.92 Å². The van der Waals surface area contributed by atoms with Gasteiger partial charge in [0.15, 0.2) is 0 Å². The van der Waals surface area contributed by atoms with Crippen LogP contribution >= 0.6 is 0 Å². The molecule has 0 aromatic rings. The Hall–Kier alpha value is -2.16. The van der Waals surface area contributed by atoms with Crippen LogP contribution in [-0.2, 0) is 23.9 Å². The molecule has 0 aliphatic rings. The van der Waals surface area contributed by atoms with E-state index in [2.05, 4.69) is 14.8 Å². The van der Waals surface area contributed by atoms with Gasteiger partial charge >= 0.3 is 18.0 Å². The molecule has 0 heterocycles. The fraction of sp³-hybridized carbons (Fsp3) is 0.556. The monoisotopic (exact) mass is 262 g/mol. The van der Waals surface area contributed by atoms with E-state index in [0.717, 1.165) is 7.11 Å². The molecule has 0 saturated heterocycles. The molecular weight excluding hydrogens is 248 g/mol. The van der Waals surface area contributed by atoms with Gasteiger partial charge in [-0.1, -0.05) is 0 Å². The average Bonchev–Trinajstić information content (AvgIpc) is 2.26. The zero-order chi connectivity index (χ0) is 14.1.